The van der Waals surface area contributed by atoms with Crippen LogP contribution < -0.4 is 15.0 Å². The monoisotopic (exact) mass is 388 g/mol. The highest BCUT2D eigenvalue weighted by Crippen LogP contribution is 2.38. The van der Waals surface area contributed by atoms with Gasteiger partial charge in [-0.15, -0.1) is 0 Å². The molecule has 0 saturated heterocycles. The number of rotatable bonds is 8. The van der Waals surface area contributed by atoms with Crippen molar-refractivity contribution in [1.82, 2.24) is 5.32 Å². The van der Waals surface area contributed by atoms with Gasteiger partial charge in [0.25, 0.3) is 0 Å². The van der Waals surface area contributed by atoms with Crippen molar-refractivity contribution in [1.29, 1.82) is 0 Å². The van der Waals surface area contributed by atoms with E-state index in [9.17, 15) is 5.11 Å². The zero-order valence-electron chi connectivity index (χ0n) is 16.8. The van der Waals surface area contributed by atoms with Crippen LogP contribution >= 0.6 is 0 Å². The number of benzene rings is 3. The maximum Gasteiger partial charge on any atom is 0.120 e. The van der Waals surface area contributed by atoms with Crippen molar-refractivity contribution in [2.24, 2.45) is 0 Å². The van der Waals surface area contributed by atoms with Crippen LogP contribution in [-0.4, -0.2) is 31.3 Å². The fraction of sp³-hybridized carbons (Fsp3) is 0.280. The van der Waals surface area contributed by atoms with Gasteiger partial charge in [0.15, 0.2) is 0 Å². The lowest BCUT2D eigenvalue weighted by atomic mass is 9.99. The Hall–Kier alpha value is -2.82. The molecule has 0 bridgehead atoms. The largest absolute Gasteiger partial charge is 0.489 e. The molecule has 0 radical (unpaired) electrons. The van der Waals surface area contributed by atoms with Crippen LogP contribution in [0, 0.1) is 0 Å². The number of hydrogen-bond donors (Lipinski definition) is 2. The second-order valence-corrected chi connectivity index (χ2v) is 7.49. The Morgan fingerprint density at radius 2 is 1.72 bits per heavy atom. The van der Waals surface area contributed by atoms with Gasteiger partial charge in [-0.1, -0.05) is 60.7 Å². The van der Waals surface area contributed by atoms with Crippen LogP contribution in [0.25, 0.3) is 0 Å². The van der Waals surface area contributed by atoms with Crippen LogP contribution in [0.4, 0.5) is 5.69 Å². The quantitative estimate of drug-likeness (QED) is 0.613. The normalized spacial score (nSPS) is 15.0. The highest BCUT2D eigenvalue weighted by Gasteiger charge is 2.32. The molecule has 1 heterocycles. The van der Waals surface area contributed by atoms with Crippen molar-refractivity contribution in [3.05, 3.63) is 95.6 Å². The summed E-state index contributed by atoms with van der Waals surface area (Å²) in [5.41, 5.74) is 4.75. The van der Waals surface area contributed by atoms with Crippen LogP contribution in [0.2, 0.25) is 0 Å². The van der Waals surface area contributed by atoms with Gasteiger partial charge in [-0.2, -0.15) is 0 Å². The number of nitrogens with zero attached hydrogens (tertiary/aromatic N) is 1. The second-order valence-electron chi connectivity index (χ2n) is 7.49. The number of aliphatic hydroxyl groups is 1. The number of fused-ring (bicyclic) bond motifs is 1. The summed E-state index contributed by atoms with van der Waals surface area (Å²) in [4.78, 5) is 2.33. The van der Waals surface area contributed by atoms with Gasteiger partial charge in [0, 0.05) is 18.8 Å². The van der Waals surface area contributed by atoms with E-state index in [1.165, 1.54) is 11.3 Å². The fourth-order valence-electron chi connectivity index (χ4n) is 4.10. The summed E-state index contributed by atoms with van der Waals surface area (Å²) in [6.07, 6.45) is 0.454. The Morgan fingerprint density at radius 3 is 2.45 bits per heavy atom. The predicted molar refractivity (Wildman–Crippen MR) is 117 cm³/mol. The summed E-state index contributed by atoms with van der Waals surface area (Å²) in [6, 6.07) is 26.7. The molecule has 2 N–H and O–H groups in total. The molecular formula is C25H28N2O2. The molecule has 150 valence electrons. The highest BCUT2D eigenvalue weighted by molar-refractivity contribution is 5.62. The molecule has 4 heteroatoms. The molecule has 2 unspecified atom stereocenters. The van der Waals surface area contributed by atoms with Crippen LogP contribution in [0.1, 0.15) is 22.7 Å². The zero-order chi connectivity index (χ0) is 20.1. The van der Waals surface area contributed by atoms with E-state index < -0.39 is 6.10 Å². The number of aliphatic hydroxyl groups excluding tert-OH is 1. The van der Waals surface area contributed by atoms with E-state index in [4.69, 9.17) is 4.74 Å². The molecule has 0 fully saturated rings. The van der Waals surface area contributed by atoms with E-state index in [1.807, 2.05) is 49.5 Å². The standard InChI is InChI=1S/C25H28N2O2/c1-26-17-24(28)25(20-10-6-3-7-11-20)27-15-14-21-16-22(12-13-23(21)27)29-18-19-8-4-2-5-9-19/h2-13,16,24-26,28H,14-15,17-18H2,1H3. The summed E-state index contributed by atoms with van der Waals surface area (Å²) < 4.78 is 6.01. The van der Waals surface area contributed by atoms with Gasteiger partial charge in [-0.05, 0) is 48.4 Å². The first kappa shape index (κ1) is 19.5. The minimum Gasteiger partial charge on any atom is -0.489 e. The molecule has 4 rings (SSSR count). The van der Waals surface area contributed by atoms with Gasteiger partial charge < -0.3 is 20.1 Å². The third-order valence-corrected chi connectivity index (χ3v) is 5.49. The summed E-state index contributed by atoms with van der Waals surface area (Å²) >= 11 is 0. The Balaban J connectivity index is 1.55. The fourth-order valence-corrected chi connectivity index (χ4v) is 4.10. The zero-order valence-corrected chi connectivity index (χ0v) is 16.8. The lowest BCUT2D eigenvalue weighted by Crippen LogP contribution is -2.40. The number of likely N-dealkylation sites (N-methyl/N-ethyl adjacent to an activating group) is 1. The molecule has 1 aliphatic rings. The molecule has 0 saturated carbocycles. The number of ether oxygens (including phenoxy) is 1. The average molecular weight is 389 g/mol. The van der Waals surface area contributed by atoms with Crippen molar-refractivity contribution in [3.63, 3.8) is 0 Å². The smallest absolute Gasteiger partial charge is 0.120 e. The molecule has 2 atom stereocenters. The summed E-state index contributed by atoms with van der Waals surface area (Å²) in [7, 11) is 1.87. The Labute approximate surface area is 172 Å². The second kappa shape index (κ2) is 9.12. The maximum absolute atomic E-state index is 10.9. The van der Waals surface area contributed by atoms with E-state index >= 15 is 0 Å². The predicted octanol–water partition coefficient (Wildman–Crippen LogP) is 3.95. The van der Waals surface area contributed by atoms with Gasteiger partial charge in [0.05, 0.1) is 12.1 Å². The molecule has 0 aromatic heterocycles. The minimum absolute atomic E-state index is 0.0824. The van der Waals surface area contributed by atoms with Crippen LogP contribution in [0.3, 0.4) is 0 Å². The lowest BCUT2D eigenvalue weighted by molar-refractivity contribution is 0.141. The molecule has 3 aromatic carbocycles. The van der Waals surface area contributed by atoms with Gasteiger partial charge >= 0.3 is 0 Å². The maximum atomic E-state index is 10.9. The summed E-state index contributed by atoms with van der Waals surface area (Å²) in [6.45, 7) is 2.00. The van der Waals surface area contributed by atoms with E-state index in [2.05, 4.69) is 46.6 Å². The van der Waals surface area contributed by atoms with E-state index in [-0.39, 0.29) is 6.04 Å². The van der Waals surface area contributed by atoms with Crippen molar-refractivity contribution in [2.45, 2.75) is 25.2 Å². The highest BCUT2D eigenvalue weighted by atomic mass is 16.5. The van der Waals surface area contributed by atoms with E-state index in [1.54, 1.807) is 0 Å². The van der Waals surface area contributed by atoms with E-state index in [0.717, 1.165) is 29.8 Å². The van der Waals surface area contributed by atoms with E-state index in [0.29, 0.717) is 13.2 Å². The molecular weight excluding hydrogens is 360 g/mol. The van der Waals surface area contributed by atoms with Crippen molar-refractivity contribution < 1.29 is 9.84 Å². The number of hydrogen-bond acceptors (Lipinski definition) is 4. The molecule has 0 spiro atoms. The van der Waals surface area contributed by atoms with Crippen LogP contribution in [0.15, 0.2) is 78.9 Å². The van der Waals surface area contributed by atoms with Gasteiger partial charge in [-0.3, -0.25) is 0 Å². The third-order valence-electron chi connectivity index (χ3n) is 5.49. The van der Waals surface area contributed by atoms with Crippen molar-refractivity contribution in [2.75, 3.05) is 25.0 Å². The van der Waals surface area contributed by atoms with Crippen molar-refractivity contribution >= 4 is 5.69 Å². The summed E-state index contributed by atoms with van der Waals surface area (Å²) in [5.74, 6) is 0.890. The molecule has 29 heavy (non-hydrogen) atoms. The topological polar surface area (TPSA) is 44.7 Å². The van der Waals surface area contributed by atoms with Gasteiger partial charge in [-0.25, -0.2) is 0 Å². The van der Waals surface area contributed by atoms with Gasteiger partial charge in [0.2, 0.25) is 0 Å². The lowest BCUT2D eigenvalue weighted by Gasteiger charge is -2.34. The van der Waals surface area contributed by atoms with Crippen LogP contribution in [-0.2, 0) is 13.0 Å². The minimum atomic E-state index is -0.498. The number of anilines is 1. The first-order valence-electron chi connectivity index (χ1n) is 10.2. The Kier molecular flexibility index (Phi) is 6.13. The summed E-state index contributed by atoms with van der Waals surface area (Å²) in [5, 5.41) is 14.0. The molecule has 4 nitrogen and oxygen atoms in total. The molecule has 0 aliphatic carbocycles. The number of nitrogens with one attached hydrogen (secondary N) is 1. The first-order valence-corrected chi connectivity index (χ1v) is 10.2. The first-order chi connectivity index (χ1) is 14.3. The van der Waals surface area contributed by atoms with Crippen LogP contribution in [0.5, 0.6) is 5.75 Å². The van der Waals surface area contributed by atoms with Gasteiger partial charge in [0.1, 0.15) is 12.4 Å². The molecule has 1 aliphatic heterocycles. The van der Waals surface area contributed by atoms with Crippen molar-refractivity contribution in [3.8, 4) is 5.75 Å². The third kappa shape index (κ3) is 4.44. The molecule has 0 amide bonds. The Bertz CT molecular complexity index is 915. The Morgan fingerprint density at radius 1 is 1.00 bits per heavy atom. The SMILES string of the molecule is CNCC(O)C(c1ccccc1)N1CCc2cc(OCc3ccccc3)ccc21. The molecule has 3 aromatic rings. The average Bonchev–Trinajstić information content (AvgIpc) is 3.17.